The van der Waals surface area contributed by atoms with Crippen molar-refractivity contribution in [2.45, 2.75) is 5.92 Å². The Bertz CT molecular complexity index is 352. The molecule has 2 N–H and O–H groups in total. The summed E-state index contributed by atoms with van der Waals surface area (Å²) in [5.41, 5.74) is -0.347. The van der Waals surface area contributed by atoms with Gasteiger partial charge in [-0.2, -0.15) is 0 Å². The summed E-state index contributed by atoms with van der Waals surface area (Å²) in [6.45, 7) is -0.768. The molecular formula is C9H8F2O3. The molecule has 0 spiro atoms. The number of aliphatic hydroxyl groups excluding tert-OH is 1. The lowest BCUT2D eigenvalue weighted by atomic mass is 9.99. The Hall–Kier alpha value is -1.49. The quantitative estimate of drug-likeness (QED) is 0.772. The Kier molecular flexibility index (Phi) is 3.14. The first-order valence-electron chi connectivity index (χ1n) is 3.85. The molecule has 0 aliphatic rings. The number of hydrogen-bond donors (Lipinski definition) is 2. The lowest BCUT2D eigenvalue weighted by Crippen LogP contribution is -2.17. The number of carboxylic acid groups (broad SMARTS) is 1. The van der Waals surface area contributed by atoms with Gasteiger partial charge in [0.15, 0.2) is 0 Å². The topological polar surface area (TPSA) is 57.5 Å². The van der Waals surface area contributed by atoms with Gasteiger partial charge in [0.2, 0.25) is 0 Å². The van der Waals surface area contributed by atoms with Gasteiger partial charge < -0.3 is 10.2 Å². The molecule has 0 aromatic heterocycles. The number of aliphatic hydroxyl groups is 1. The summed E-state index contributed by atoms with van der Waals surface area (Å²) in [4.78, 5) is 10.5. The molecule has 3 nitrogen and oxygen atoms in total. The molecule has 5 heteroatoms. The van der Waals surface area contributed by atoms with Crippen LogP contribution in [0.2, 0.25) is 0 Å². The van der Waals surface area contributed by atoms with Crippen molar-refractivity contribution < 1.29 is 23.8 Å². The number of carboxylic acids is 1. The molecule has 1 atom stereocenters. The highest BCUT2D eigenvalue weighted by molar-refractivity contribution is 5.76. The summed E-state index contributed by atoms with van der Waals surface area (Å²) < 4.78 is 25.7. The normalized spacial score (nSPS) is 12.5. The third kappa shape index (κ3) is 2.05. The molecule has 0 saturated carbocycles. The Balaban J connectivity index is 3.15. The second-order valence-corrected chi connectivity index (χ2v) is 2.74. The molecular weight excluding hydrogens is 194 g/mol. The predicted molar refractivity (Wildman–Crippen MR) is 43.8 cm³/mol. The van der Waals surface area contributed by atoms with E-state index in [0.717, 1.165) is 18.2 Å². The second kappa shape index (κ2) is 4.15. The van der Waals surface area contributed by atoms with Gasteiger partial charge in [0, 0.05) is 5.56 Å². The third-order valence-electron chi connectivity index (χ3n) is 1.81. The van der Waals surface area contributed by atoms with Crippen LogP contribution in [-0.4, -0.2) is 22.8 Å². The maximum Gasteiger partial charge on any atom is 0.313 e. The fraction of sp³-hybridized carbons (Fsp3) is 0.222. The smallest absolute Gasteiger partial charge is 0.313 e. The molecule has 76 valence electrons. The average molecular weight is 202 g/mol. The van der Waals surface area contributed by atoms with E-state index in [0.29, 0.717) is 0 Å². The van der Waals surface area contributed by atoms with Gasteiger partial charge in [-0.1, -0.05) is 0 Å². The zero-order chi connectivity index (χ0) is 10.7. The minimum Gasteiger partial charge on any atom is -0.481 e. The van der Waals surface area contributed by atoms with E-state index >= 15 is 0 Å². The second-order valence-electron chi connectivity index (χ2n) is 2.74. The molecule has 0 saturated heterocycles. The van der Waals surface area contributed by atoms with Crippen molar-refractivity contribution in [2.75, 3.05) is 6.61 Å². The molecule has 0 heterocycles. The molecule has 0 aliphatic heterocycles. The zero-order valence-electron chi connectivity index (χ0n) is 7.08. The van der Waals surface area contributed by atoms with Crippen LogP contribution in [0.3, 0.4) is 0 Å². The minimum atomic E-state index is -1.43. The van der Waals surface area contributed by atoms with Crippen LogP contribution >= 0.6 is 0 Å². The summed E-state index contributed by atoms with van der Waals surface area (Å²) in [6.07, 6.45) is 0. The van der Waals surface area contributed by atoms with E-state index in [-0.39, 0.29) is 5.56 Å². The van der Waals surface area contributed by atoms with Gasteiger partial charge in [0.25, 0.3) is 0 Å². The highest BCUT2D eigenvalue weighted by Crippen LogP contribution is 2.20. The summed E-state index contributed by atoms with van der Waals surface area (Å²) in [6, 6.07) is 2.48. The monoisotopic (exact) mass is 202 g/mol. The van der Waals surface area contributed by atoms with Crippen LogP contribution in [0.1, 0.15) is 11.5 Å². The molecule has 14 heavy (non-hydrogen) atoms. The van der Waals surface area contributed by atoms with E-state index in [2.05, 4.69) is 0 Å². The summed E-state index contributed by atoms with van der Waals surface area (Å²) in [7, 11) is 0. The van der Waals surface area contributed by atoms with E-state index < -0.39 is 30.1 Å². The molecule has 1 aromatic rings. The SMILES string of the molecule is O=C(O)C(CO)c1cc(F)ccc1F. The predicted octanol–water partition coefficient (Wildman–Crippen LogP) is 1.13. The highest BCUT2D eigenvalue weighted by Gasteiger charge is 2.22. The number of halogens is 2. The molecule has 1 aromatic carbocycles. The standard InChI is InChI=1S/C9H8F2O3/c10-5-1-2-8(11)6(3-5)7(4-12)9(13)14/h1-3,7,12H,4H2,(H,13,14). The van der Waals surface area contributed by atoms with Crippen molar-refractivity contribution in [1.29, 1.82) is 0 Å². The van der Waals surface area contributed by atoms with Gasteiger partial charge in [0.1, 0.15) is 17.6 Å². The van der Waals surface area contributed by atoms with E-state index in [9.17, 15) is 13.6 Å². The Morgan fingerprint density at radius 3 is 2.57 bits per heavy atom. The van der Waals surface area contributed by atoms with Crippen LogP contribution in [-0.2, 0) is 4.79 Å². The van der Waals surface area contributed by atoms with Crippen LogP contribution in [0.5, 0.6) is 0 Å². The first kappa shape index (κ1) is 10.6. The molecule has 0 aliphatic carbocycles. The Morgan fingerprint density at radius 2 is 2.07 bits per heavy atom. The number of rotatable bonds is 3. The minimum absolute atomic E-state index is 0.347. The average Bonchev–Trinajstić information content (AvgIpc) is 2.11. The molecule has 1 rings (SSSR count). The van der Waals surface area contributed by atoms with Gasteiger partial charge in [-0.05, 0) is 18.2 Å². The molecule has 0 radical (unpaired) electrons. The number of aliphatic carboxylic acids is 1. The van der Waals surface area contributed by atoms with E-state index in [1.54, 1.807) is 0 Å². The van der Waals surface area contributed by atoms with E-state index in [4.69, 9.17) is 10.2 Å². The zero-order valence-corrected chi connectivity index (χ0v) is 7.08. The van der Waals surface area contributed by atoms with Crippen LogP contribution in [0, 0.1) is 11.6 Å². The number of hydrogen-bond acceptors (Lipinski definition) is 2. The van der Waals surface area contributed by atoms with Crippen molar-refractivity contribution in [3.05, 3.63) is 35.4 Å². The number of carbonyl (C=O) groups is 1. The lowest BCUT2D eigenvalue weighted by Gasteiger charge is -2.10. The first-order chi connectivity index (χ1) is 6.56. The number of benzene rings is 1. The van der Waals surface area contributed by atoms with E-state index in [1.807, 2.05) is 0 Å². The lowest BCUT2D eigenvalue weighted by molar-refractivity contribution is -0.139. The maximum atomic E-state index is 13.0. The van der Waals surface area contributed by atoms with Crippen molar-refractivity contribution in [3.8, 4) is 0 Å². The van der Waals surface area contributed by atoms with Crippen molar-refractivity contribution in [1.82, 2.24) is 0 Å². The Labute approximate surface area is 78.6 Å². The van der Waals surface area contributed by atoms with Gasteiger partial charge >= 0.3 is 5.97 Å². The summed E-state index contributed by atoms with van der Waals surface area (Å²) >= 11 is 0. The third-order valence-corrected chi connectivity index (χ3v) is 1.81. The molecule has 0 fully saturated rings. The van der Waals surface area contributed by atoms with Gasteiger partial charge in [-0.3, -0.25) is 4.79 Å². The fourth-order valence-electron chi connectivity index (χ4n) is 1.09. The molecule has 1 unspecified atom stereocenters. The van der Waals surface area contributed by atoms with Crippen LogP contribution < -0.4 is 0 Å². The largest absolute Gasteiger partial charge is 0.481 e. The van der Waals surface area contributed by atoms with Gasteiger partial charge in [0.05, 0.1) is 6.61 Å². The van der Waals surface area contributed by atoms with Crippen molar-refractivity contribution >= 4 is 5.97 Å². The van der Waals surface area contributed by atoms with Crippen LogP contribution in [0.4, 0.5) is 8.78 Å². The fourth-order valence-corrected chi connectivity index (χ4v) is 1.09. The van der Waals surface area contributed by atoms with Crippen molar-refractivity contribution in [3.63, 3.8) is 0 Å². The van der Waals surface area contributed by atoms with Crippen LogP contribution in [0.15, 0.2) is 18.2 Å². The van der Waals surface area contributed by atoms with Crippen LogP contribution in [0.25, 0.3) is 0 Å². The first-order valence-corrected chi connectivity index (χ1v) is 3.85. The van der Waals surface area contributed by atoms with Crippen molar-refractivity contribution in [2.24, 2.45) is 0 Å². The maximum absolute atomic E-state index is 13.0. The van der Waals surface area contributed by atoms with E-state index in [1.165, 1.54) is 0 Å². The molecule has 0 bridgehead atoms. The summed E-state index contributed by atoms with van der Waals surface area (Å²) in [5, 5.41) is 17.3. The Morgan fingerprint density at radius 1 is 1.43 bits per heavy atom. The highest BCUT2D eigenvalue weighted by atomic mass is 19.1. The summed E-state index contributed by atoms with van der Waals surface area (Å²) in [5.74, 6) is -4.39. The molecule has 0 amide bonds. The van der Waals surface area contributed by atoms with Gasteiger partial charge in [-0.25, -0.2) is 8.78 Å². The van der Waals surface area contributed by atoms with Gasteiger partial charge in [-0.15, -0.1) is 0 Å².